The zero-order valence-corrected chi connectivity index (χ0v) is 9.44. The van der Waals surface area contributed by atoms with Crippen LogP contribution in [0.4, 0.5) is 5.82 Å². The summed E-state index contributed by atoms with van der Waals surface area (Å²) in [5, 5.41) is 11.6. The van der Waals surface area contributed by atoms with Crippen LogP contribution in [0.1, 0.15) is 25.5 Å². The lowest BCUT2D eigenvalue weighted by molar-refractivity contribution is 0.141. The summed E-state index contributed by atoms with van der Waals surface area (Å²) in [6, 6.07) is 1.92. The van der Waals surface area contributed by atoms with Crippen molar-refractivity contribution >= 4 is 5.82 Å². The third-order valence-electron chi connectivity index (χ3n) is 1.96. The predicted molar refractivity (Wildman–Crippen MR) is 61.0 cm³/mol. The van der Waals surface area contributed by atoms with Gasteiger partial charge in [-0.2, -0.15) is 5.26 Å². The summed E-state index contributed by atoms with van der Waals surface area (Å²) in [5.74, 6) is 0.665. The number of aromatic nitrogens is 2. The van der Waals surface area contributed by atoms with Crippen LogP contribution < -0.4 is 5.32 Å². The van der Waals surface area contributed by atoms with Crippen molar-refractivity contribution in [3.8, 4) is 6.07 Å². The van der Waals surface area contributed by atoms with Crippen molar-refractivity contribution in [2.45, 2.75) is 19.8 Å². The lowest BCUT2D eigenvalue weighted by Gasteiger charge is -2.05. The number of ether oxygens (including phenoxy) is 1. The van der Waals surface area contributed by atoms with Gasteiger partial charge < -0.3 is 10.1 Å². The van der Waals surface area contributed by atoms with E-state index in [1.54, 1.807) is 6.20 Å². The molecule has 0 amide bonds. The zero-order chi connectivity index (χ0) is 11.6. The van der Waals surface area contributed by atoms with Crippen LogP contribution in [-0.4, -0.2) is 29.7 Å². The van der Waals surface area contributed by atoms with Crippen molar-refractivity contribution < 1.29 is 4.74 Å². The van der Waals surface area contributed by atoms with Gasteiger partial charge in [-0.25, -0.2) is 9.97 Å². The van der Waals surface area contributed by atoms with E-state index >= 15 is 0 Å². The second-order valence-electron chi connectivity index (χ2n) is 3.29. The summed E-state index contributed by atoms with van der Waals surface area (Å²) >= 11 is 0. The number of nitrogens with one attached hydrogen (secondary N) is 1. The van der Waals surface area contributed by atoms with Crippen LogP contribution in [0, 0.1) is 11.3 Å². The molecule has 0 spiro atoms. The quantitative estimate of drug-likeness (QED) is 0.706. The van der Waals surface area contributed by atoms with E-state index in [-0.39, 0.29) is 0 Å². The van der Waals surface area contributed by atoms with E-state index in [4.69, 9.17) is 10.00 Å². The normalized spacial score (nSPS) is 9.75. The molecule has 0 unspecified atom stereocenters. The molecule has 0 fully saturated rings. The maximum atomic E-state index is 8.53. The highest BCUT2D eigenvalue weighted by atomic mass is 16.5. The van der Waals surface area contributed by atoms with Gasteiger partial charge in [0.25, 0.3) is 0 Å². The largest absolute Gasteiger partial charge is 0.380 e. The molecule has 1 aromatic rings. The Morgan fingerprint density at radius 1 is 1.38 bits per heavy atom. The van der Waals surface area contributed by atoms with Gasteiger partial charge in [0.05, 0.1) is 19.0 Å². The highest BCUT2D eigenvalue weighted by Gasteiger charge is 1.95. The van der Waals surface area contributed by atoms with Crippen LogP contribution in [0.25, 0.3) is 0 Å². The summed E-state index contributed by atoms with van der Waals surface area (Å²) in [4.78, 5) is 7.93. The molecule has 0 radical (unpaired) electrons. The number of hydrogen-bond acceptors (Lipinski definition) is 5. The highest BCUT2D eigenvalue weighted by Crippen LogP contribution is 1.99. The van der Waals surface area contributed by atoms with Gasteiger partial charge >= 0.3 is 0 Å². The van der Waals surface area contributed by atoms with E-state index < -0.39 is 0 Å². The van der Waals surface area contributed by atoms with Gasteiger partial charge in [-0.1, -0.05) is 13.3 Å². The molecule has 5 nitrogen and oxygen atoms in total. The maximum Gasteiger partial charge on any atom is 0.158 e. The van der Waals surface area contributed by atoms with Gasteiger partial charge in [0, 0.05) is 13.2 Å². The fourth-order valence-electron chi connectivity index (χ4n) is 1.08. The molecule has 0 bridgehead atoms. The Hall–Kier alpha value is -1.67. The smallest absolute Gasteiger partial charge is 0.158 e. The number of hydrogen-bond donors (Lipinski definition) is 1. The summed E-state index contributed by atoms with van der Waals surface area (Å²) in [6.07, 6.45) is 5.23. The van der Waals surface area contributed by atoms with Gasteiger partial charge in [0.2, 0.25) is 0 Å². The number of nitrogens with zero attached hydrogens (tertiary/aromatic N) is 3. The van der Waals surface area contributed by atoms with Crippen LogP contribution in [-0.2, 0) is 4.74 Å². The van der Waals surface area contributed by atoms with E-state index in [2.05, 4.69) is 22.2 Å². The van der Waals surface area contributed by atoms with Gasteiger partial charge in [0.15, 0.2) is 5.69 Å². The summed E-state index contributed by atoms with van der Waals surface area (Å²) < 4.78 is 5.38. The second kappa shape index (κ2) is 7.60. The standard InChI is InChI=1S/C11H16N4O/c1-2-3-5-16-6-4-13-11-9-14-10(7-12)8-15-11/h8-9H,2-6H2,1H3,(H,13,15). The molecule has 5 heteroatoms. The Morgan fingerprint density at radius 2 is 2.25 bits per heavy atom. The summed E-state index contributed by atoms with van der Waals surface area (Å²) in [6.45, 7) is 4.29. The van der Waals surface area contributed by atoms with Crippen molar-refractivity contribution in [1.82, 2.24) is 9.97 Å². The first-order valence-electron chi connectivity index (χ1n) is 5.40. The van der Waals surface area contributed by atoms with Gasteiger partial charge in [0.1, 0.15) is 11.9 Å². The van der Waals surface area contributed by atoms with Crippen LogP contribution in [0.5, 0.6) is 0 Å². The third kappa shape index (κ3) is 4.71. The van der Waals surface area contributed by atoms with Crippen LogP contribution in [0.15, 0.2) is 12.4 Å². The molecule has 1 heterocycles. The second-order valence-corrected chi connectivity index (χ2v) is 3.29. The van der Waals surface area contributed by atoms with Gasteiger partial charge in [-0.05, 0) is 6.42 Å². The first-order valence-corrected chi connectivity index (χ1v) is 5.40. The number of nitriles is 1. The van der Waals surface area contributed by atoms with E-state index in [1.807, 2.05) is 6.07 Å². The Labute approximate surface area is 95.5 Å². The molecule has 1 N–H and O–H groups in total. The molecule has 1 rings (SSSR count). The number of anilines is 1. The molecular weight excluding hydrogens is 204 g/mol. The molecule has 0 aliphatic rings. The lowest BCUT2D eigenvalue weighted by atomic mass is 10.4. The molecule has 0 atom stereocenters. The average Bonchev–Trinajstić information content (AvgIpc) is 2.34. The molecule has 0 saturated heterocycles. The molecule has 0 aliphatic heterocycles. The summed E-state index contributed by atoms with van der Waals surface area (Å²) in [5.41, 5.74) is 0.324. The maximum absolute atomic E-state index is 8.53. The Bertz CT molecular complexity index is 331. The first-order chi connectivity index (χ1) is 7.86. The summed E-state index contributed by atoms with van der Waals surface area (Å²) in [7, 11) is 0. The molecule has 0 saturated carbocycles. The van der Waals surface area contributed by atoms with Crippen molar-refractivity contribution in [2.24, 2.45) is 0 Å². The van der Waals surface area contributed by atoms with E-state index in [0.29, 0.717) is 24.7 Å². The zero-order valence-electron chi connectivity index (χ0n) is 9.44. The van der Waals surface area contributed by atoms with Crippen molar-refractivity contribution in [2.75, 3.05) is 25.1 Å². The minimum absolute atomic E-state index is 0.324. The van der Waals surface area contributed by atoms with Crippen LogP contribution in [0.3, 0.4) is 0 Å². The van der Waals surface area contributed by atoms with Crippen molar-refractivity contribution in [1.29, 1.82) is 5.26 Å². The predicted octanol–water partition coefficient (Wildman–Crippen LogP) is 1.58. The topological polar surface area (TPSA) is 70.8 Å². The third-order valence-corrected chi connectivity index (χ3v) is 1.96. The average molecular weight is 220 g/mol. The fraction of sp³-hybridized carbons (Fsp3) is 0.545. The Kier molecular flexibility index (Phi) is 5.89. The lowest BCUT2D eigenvalue weighted by Crippen LogP contribution is -2.11. The SMILES string of the molecule is CCCCOCCNc1cnc(C#N)cn1. The van der Waals surface area contributed by atoms with Crippen molar-refractivity contribution in [3.63, 3.8) is 0 Å². The Balaban J connectivity index is 2.15. The molecule has 86 valence electrons. The molecule has 16 heavy (non-hydrogen) atoms. The monoisotopic (exact) mass is 220 g/mol. The van der Waals surface area contributed by atoms with Crippen LogP contribution >= 0.6 is 0 Å². The van der Waals surface area contributed by atoms with Gasteiger partial charge in [-0.3, -0.25) is 0 Å². The van der Waals surface area contributed by atoms with Crippen molar-refractivity contribution in [3.05, 3.63) is 18.1 Å². The number of rotatable bonds is 7. The fourth-order valence-corrected chi connectivity index (χ4v) is 1.08. The Morgan fingerprint density at radius 3 is 2.88 bits per heavy atom. The highest BCUT2D eigenvalue weighted by molar-refractivity contribution is 5.32. The van der Waals surface area contributed by atoms with E-state index in [0.717, 1.165) is 19.4 Å². The van der Waals surface area contributed by atoms with E-state index in [9.17, 15) is 0 Å². The molecular formula is C11H16N4O. The molecule has 0 aromatic carbocycles. The minimum Gasteiger partial charge on any atom is -0.380 e. The van der Waals surface area contributed by atoms with Crippen LogP contribution in [0.2, 0.25) is 0 Å². The first kappa shape index (κ1) is 12.4. The number of unbranched alkanes of at least 4 members (excludes halogenated alkanes) is 1. The van der Waals surface area contributed by atoms with Gasteiger partial charge in [-0.15, -0.1) is 0 Å². The van der Waals surface area contributed by atoms with E-state index in [1.165, 1.54) is 6.20 Å². The minimum atomic E-state index is 0.324. The molecule has 1 aromatic heterocycles. The molecule has 0 aliphatic carbocycles.